The van der Waals surface area contributed by atoms with Gasteiger partial charge in [0, 0.05) is 37.9 Å². The van der Waals surface area contributed by atoms with Gasteiger partial charge in [-0.2, -0.15) is 0 Å². The number of nitrogens with two attached hydrogens (primary N) is 2. The van der Waals surface area contributed by atoms with Crippen molar-refractivity contribution in [1.82, 2.24) is 25.8 Å². The minimum Gasteiger partial charge on any atom is -0.391 e. The number of aromatic nitrogens is 1. The van der Waals surface area contributed by atoms with Crippen molar-refractivity contribution in [3.63, 3.8) is 0 Å². The van der Waals surface area contributed by atoms with E-state index in [0.717, 1.165) is 38.9 Å². The fourth-order valence-corrected chi connectivity index (χ4v) is 10.6. The first kappa shape index (κ1) is 56.0. The lowest BCUT2D eigenvalue weighted by molar-refractivity contribution is -0.144. The smallest absolute Gasteiger partial charge is 0.246 e. The number of aryl methyl sites for hydroxylation is 3. The minimum absolute atomic E-state index is 0. The van der Waals surface area contributed by atoms with Crippen molar-refractivity contribution in [2.45, 2.75) is 148 Å². The van der Waals surface area contributed by atoms with Crippen molar-refractivity contribution in [2.24, 2.45) is 16.9 Å². The third-order valence-corrected chi connectivity index (χ3v) is 14.7. The van der Waals surface area contributed by atoms with E-state index < -0.39 is 83.0 Å². The Bertz CT molecular complexity index is 2700. The Kier molecular flexibility index (Phi) is 18.5. The van der Waals surface area contributed by atoms with Gasteiger partial charge in [-0.25, -0.2) is 9.37 Å². The first-order valence-corrected chi connectivity index (χ1v) is 25.5. The Labute approximate surface area is 435 Å². The number of rotatable bonds is 19. The molecule has 1 aromatic heterocycles. The molecule has 0 bridgehead atoms. The van der Waals surface area contributed by atoms with E-state index in [9.17, 15) is 38.7 Å². The van der Waals surface area contributed by atoms with Crippen LogP contribution in [-0.4, -0.2) is 99.2 Å². The molecule has 0 radical (unpaired) electrons. The second kappa shape index (κ2) is 24.2. The Morgan fingerprint density at radius 3 is 2.33 bits per heavy atom. The number of hydrogen-bond acceptors (Lipinski definition) is 11. The van der Waals surface area contributed by atoms with Crippen LogP contribution in [0, 0.1) is 18.2 Å². The van der Waals surface area contributed by atoms with E-state index in [2.05, 4.69) is 26.3 Å². The molecular formula is C53H67ClFN9O8S. The van der Waals surface area contributed by atoms with Gasteiger partial charge in [0.1, 0.15) is 30.0 Å². The van der Waals surface area contributed by atoms with Crippen LogP contribution >= 0.6 is 23.7 Å². The number of para-hydroxylation sites is 1. The molecule has 7 atom stereocenters. The van der Waals surface area contributed by atoms with E-state index in [1.807, 2.05) is 77.1 Å². The molecule has 3 aromatic carbocycles. The average molecular weight is 1040 g/mol. The predicted octanol–water partition coefficient (Wildman–Crippen LogP) is 5.07. The van der Waals surface area contributed by atoms with Crippen molar-refractivity contribution in [3.8, 4) is 10.4 Å². The van der Waals surface area contributed by atoms with E-state index in [4.69, 9.17) is 11.5 Å². The summed E-state index contributed by atoms with van der Waals surface area (Å²) in [6, 6.07) is 12.2. The molecule has 7 amide bonds. The number of thiazole rings is 1. The lowest BCUT2D eigenvalue weighted by Gasteiger charge is -2.35. The summed E-state index contributed by atoms with van der Waals surface area (Å²) in [5.74, 6) is -4.22. The van der Waals surface area contributed by atoms with Gasteiger partial charge in [0.05, 0.1) is 40.0 Å². The zero-order chi connectivity index (χ0) is 52.0. The molecule has 73 heavy (non-hydrogen) atoms. The number of β-amino-alcohol motifs (C(OH)–C–C–N with tert-alkyl or cyclic N) is 1. The molecule has 4 aromatic rings. The van der Waals surface area contributed by atoms with Gasteiger partial charge >= 0.3 is 0 Å². The maximum atomic E-state index is 15.0. The second-order valence-electron chi connectivity index (χ2n) is 20.3. The summed E-state index contributed by atoms with van der Waals surface area (Å²) in [6.07, 6.45) is 2.07. The van der Waals surface area contributed by atoms with Crippen LogP contribution in [0.5, 0.6) is 0 Å². The molecule has 392 valence electrons. The first-order valence-electron chi connectivity index (χ1n) is 24.7. The number of primary amides is 1. The molecule has 17 nitrogen and oxygen atoms in total. The van der Waals surface area contributed by atoms with Crippen LogP contribution in [0.2, 0.25) is 0 Å². The SMILES string of the molecule is Cc1ncsc1-c1ccc([C@H](C)NC(=O)[C@@H]2C[C@@H](O)CN2C(=O)[C@@H](NC(=O)CCCCCc2cc(F)cc(NC(=O)[C@H](CCC(N)=O)NC(=O)[C@@H]3Cc4cccc5c4N3C(=O)[C@@H](N)CC5)c2)C(C)(C)C)cc1.Cl. The van der Waals surface area contributed by atoms with Gasteiger partial charge in [-0.05, 0) is 104 Å². The number of benzene rings is 3. The fraction of sp³-hybridized carbons (Fsp3) is 0.472. The van der Waals surface area contributed by atoms with Crippen molar-refractivity contribution in [2.75, 3.05) is 16.8 Å². The van der Waals surface area contributed by atoms with E-state index in [1.54, 1.807) is 22.9 Å². The number of carbonyl (C=O) groups excluding carboxylic acids is 7. The van der Waals surface area contributed by atoms with Gasteiger partial charge in [0.15, 0.2) is 0 Å². The quantitative estimate of drug-likeness (QED) is 0.0614. The van der Waals surface area contributed by atoms with Crippen LogP contribution in [0.4, 0.5) is 15.8 Å². The van der Waals surface area contributed by atoms with Gasteiger partial charge < -0.3 is 42.7 Å². The molecule has 3 aliphatic heterocycles. The monoisotopic (exact) mass is 1040 g/mol. The number of anilines is 2. The van der Waals surface area contributed by atoms with Gasteiger partial charge in [0.25, 0.3) is 0 Å². The largest absolute Gasteiger partial charge is 0.391 e. The number of carbonyl (C=O) groups is 7. The summed E-state index contributed by atoms with van der Waals surface area (Å²) in [5.41, 5.74) is 18.6. The molecule has 0 aliphatic carbocycles. The summed E-state index contributed by atoms with van der Waals surface area (Å²) < 4.78 is 15.0. The highest BCUT2D eigenvalue weighted by Gasteiger charge is 2.46. The third-order valence-electron chi connectivity index (χ3n) is 13.7. The Hall–Kier alpha value is -6.28. The van der Waals surface area contributed by atoms with E-state index in [1.165, 1.54) is 15.9 Å². The maximum absolute atomic E-state index is 15.0. The van der Waals surface area contributed by atoms with Crippen molar-refractivity contribution in [3.05, 3.63) is 99.9 Å². The highest BCUT2D eigenvalue weighted by molar-refractivity contribution is 7.13. The fourth-order valence-electron chi connectivity index (χ4n) is 9.82. The summed E-state index contributed by atoms with van der Waals surface area (Å²) in [6.45, 7) is 9.22. The highest BCUT2D eigenvalue weighted by atomic mass is 35.5. The summed E-state index contributed by atoms with van der Waals surface area (Å²) >= 11 is 1.56. The van der Waals surface area contributed by atoms with E-state index in [0.29, 0.717) is 49.8 Å². The molecule has 0 spiro atoms. The molecule has 3 aliphatic rings. The number of likely N-dealkylation sites (tertiary alicyclic amines) is 1. The number of unbranched alkanes of at least 4 members (excludes halogenated alkanes) is 2. The van der Waals surface area contributed by atoms with Crippen molar-refractivity contribution in [1.29, 1.82) is 0 Å². The zero-order valence-corrected chi connectivity index (χ0v) is 43.5. The van der Waals surface area contributed by atoms with Crippen LogP contribution in [0.3, 0.4) is 0 Å². The molecule has 20 heteroatoms. The van der Waals surface area contributed by atoms with Crippen molar-refractivity contribution < 1.29 is 43.1 Å². The standard InChI is InChI=1S/C53H66FN9O8S.ClH/c1-29(32-14-16-34(17-15-32)46-30(2)57-28-72-46)58-49(68)41-26-38(64)27-62(41)52(71)47(53(3,4)5)61-44(66)13-8-6-7-10-31-22-36(54)25-37(23-31)59-48(67)40(20-21-43(56)65)60-50(69)42-24-35-12-9-11-33-18-19-39(55)51(70)63(42)45(33)35;/h9,11-12,14-17,22-23,25,28-29,38-42,47,64H,6-8,10,13,18-21,24,26-27,55H2,1-5H3,(H2,56,65)(H,58,68)(H,59,67)(H,60,69)(H,61,66);1H/t29-,38+,39-,40-,41-,42-,47+;/m0./s1. The number of halogens is 2. The molecule has 4 heterocycles. The molecule has 0 unspecified atom stereocenters. The second-order valence-corrected chi connectivity index (χ2v) is 21.2. The molecule has 1 fully saturated rings. The molecular weight excluding hydrogens is 977 g/mol. The number of hydrogen-bond donors (Lipinski definition) is 7. The number of aliphatic hydroxyl groups excluding tert-OH is 1. The molecule has 9 N–H and O–H groups in total. The Balaban J connectivity index is 0.00000869. The topological polar surface area (TPSA) is 259 Å². The highest BCUT2D eigenvalue weighted by Crippen LogP contribution is 2.39. The van der Waals surface area contributed by atoms with Crippen LogP contribution < -0.4 is 37.6 Å². The van der Waals surface area contributed by atoms with Gasteiger partial charge in [0.2, 0.25) is 41.4 Å². The normalized spacial score (nSPS) is 19.4. The zero-order valence-electron chi connectivity index (χ0n) is 41.9. The van der Waals surface area contributed by atoms with Crippen LogP contribution in [0.1, 0.15) is 113 Å². The van der Waals surface area contributed by atoms with E-state index >= 15 is 4.39 Å². The lowest BCUT2D eigenvalue weighted by atomic mass is 9.85. The Morgan fingerprint density at radius 1 is 0.932 bits per heavy atom. The first-order chi connectivity index (χ1) is 34.2. The van der Waals surface area contributed by atoms with Gasteiger partial charge in [-0.1, -0.05) is 69.7 Å². The minimum atomic E-state index is -1.25. The van der Waals surface area contributed by atoms with Crippen molar-refractivity contribution >= 4 is 76.5 Å². The van der Waals surface area contributed by atoms with Crippen LogP contribution in [0.15, 0.2) is 66.2 Å². The van der Waals surface area contributed by atoms with Gasteiger partial charge in [-0.15, -0.1) is 23.7 Å². The van der Waals surface area contributed by atoms with Crippen LogP contribution in [-0.2, 0) is 52.8 Å². The number of nitrogens with one attached hydrogen (secondary N) is 4. The van der Waals surface area contributed by atoms with E-state index in [-0.39, 0.29) is 68.7 Å². The number of amides is 7. The summed E-state index contributed by atoms with van der Waals surface area (Å²) in [7, 11) is 0. The number of aliphatic hydroxyl groups is 1. The third kappa shape index (κ3) is 13.7. The predicted molar refractivity (Wildman–Crippen MR) is 279 cm³/mol. The summed E-state index contributed by atoms with van der Waals surface area (Å²) in [5, 5.41) is 22.0. The average Bonchev–Trinajstić information content (AvgIpc) is 4.04. The maximum Gasteiger partial charge on any atom is 0.246 e. The molecule has 0 saturated carbocycles. The van der Waals surface area contributed by atoms with Crippen LogP contribution in [0.25, 0.3) is 10.4 Å². The molecule has 7 rings (SSSR count). The van der Waals surface area contributed by atoms with Gasteiger partial charge in [-0.3, -0.25) is 38.5 Å². The summed E-state index contributed by atoms with van der Waals surface area (Å²) in [4.78, 5) is 102. The molecule has 1 saturated heterocycles. The lowest BCUT2D eigenvalue weighted by Crippen LogP contribution is -2.57. The number of nitrogens with zero attached hydrogens (tertiary/aromatic N) is 3. The Morgan fingerprint density at radius 2 is 1.64 bits per heavy atom.